The van der Waals surface area contributed by atoms with Crippen LogP contribution in [0, 0.1) is 0 Å². The van der Waals surface area contributed by atoms with Crippen LogP contribution in [0.1, 0.15) is 35.2 Å². The number of rotatable bonds is 8. The summed E-state index contributed by atoms with van der Waals surface area (Å²) in [6.45, 7) is 1.03. The van der Waals surface area contributed by atoms with E-state index in [9.17, 15) is 18.0 Å². The van der Waals surface area contributed by atoms with E-state index in [1.165, 1.54) is 36.7 Å². The first-order valence-corrected chi connectivity index (χ1v) is 11.9. The summed E-state index contributed by atoms with van der Waals surface area (Å²) in [5, 5.41) is 2.93. The molecule has 0 radical (unpaired) electrons. The number of sulfonamides is 1. The Hall–Kier alpha value is -2.62. The fourth-order valence-corrected chi connectivity index (χ4v) is 5.29. The highest BCUT2D eigenvalue weighted by molar-refractivity contribution is 7.89. The summed E-state index contributed by atoms with van der Waals surface area (Å²) in [5.74, 6) is -0.400. The van der Waals surface area contributed by atoms with Crippen molar-refractivity contribution in [2.45, 2.75) is 30.6 Å². The Morgan fingerprint density at radius 3 is 2.47 bits per heavy atom. The second kappa shape index (κ2) is 10.3. The number of benzene rings is 2. The summed E-state index contributed by atoms with van der Waals surface area (Å²) in [4.78, 5) is 24.5. The predicted molar refractivity (Wildman–Crippen MR) is 121 cm³/mol. The highest BCUT2D eigenvalue weighted by Gasteiger charge is 2.27. The van der Waals surface area contributed by atoms with E-state index in [2.05, 4.69) is 10.1 Å². The van der Waals surface area contributed by atoms with Gasteiger partial charge in [-0.2, -0.15) is 4.31 Å². The maximum absolute atomic E-state index is 12.9. The van der Waals surface area contributed by atoms with E-state index >= 15 is 0 Å². The second-order valence-electron chi connectivity index (χ2n) is 7.32. The minimum atomic E-state index is -3.57. The predicted octanol–water partition coefficient (Wildman–Crippen LogP) is 3.49. The molecule has 0 spiro atoms. The zero-order valence-corrected chi connectivity index (χ0v) is 19.5. The molecular formula is C22H25ClN2O6S. The lowest BCUT2D eigenvalue weighted by atomic mass is 10.1. The van der Waals surface area contributed by atoms with Crippen LogP contribution in [0.2, 0.25) is 5.02 Å². The van der Waals surface area contributed by atoms with Gasteiger partial charge in [-0.15, -0.1) is 0 Å². The summed E-state index contributed by atoms with van der Waals surface area (Å²) in [6, 6.07) is 9.22. The van der Waals surface area contributed by atoms with Crippen LogP contribution in [0.5, 0.6) is 5.75 Å². The fourth-order valence-electron chi connectivity index (χ4n) is 3.53. The number of ether oxygens (including phenoxy) is 2. The molecule has 3 rings (SSSR count). The fraction of sp³-hybridized carbons (Fsp3) is 0.364. The number of anilines is 1. The molecule has 2 aromatic rings. The largest absolute Gasteiger partial charge is 0.496 e. The summed E-state index contributed by atoms with van der Waals surface area (Å²) >= 11 is 6.00. The molecule has 0 saturated carbocycles. The van der Waals surface area contributed by atoms with Gasteiger partial charge in [-0.1, -0.05) is 11.6 Å². The third-order valence-electron chi connectivity index (χ3n) is 5.23. The summed E-state index contributed by atoms with van der Waals surface area (Å²) < 4.78 is 37.2. The molecule has 1 N–H and O–H groups in total. The van der Waals surface area contributed by atoms with Gasteiger partial charge in [-0.25, -0.2) is 13.2 Å². The molecule has 1 saturated heterocycles. The number of carbonyl (C=O) groups excluding carboxylic acids is 2. The standard InChI is InChI=1S/C22H25ClN2O6S/c1-30-20-9-7-17(32(28,29)25-11-3-4-12-25)13-15(20)5-10-21(26)24-16-6-8-19(23)18(14-16)22(27)31-2/h6-9,13-14H,3-5,10-12H2,1-2H3,(H,24,26). The lowest BCUT2D eigenvalue weighted by Crippen LogP contribution is -2.28. The monoisotopic (exact) mass is 480 g/mol. The van der Waals surface area contributed by atoms with E-state index in [1.807, 2.05) is 0 Å². The first-order chi connectivity index (χ1) is 15.3. The zero-order valence-electron chi connectivity index (χ0n) is 17.9. The summed E-state index contributed by atoms with van der Waals surface area (Å²) in [7, 11) is -0.831. The van der Waals surface area contributed by atoms with Gasteiger partial charge in [0.25, 0.3) is 0 Å². The van der Waals surface area contributed by atoms with Crippen LogP contribution in [-0.4, -0.2) is 51.9 Å². The molecule has 1 aliphatic heterocycles. The number of carbonyl (C=O) groups is 2. The quantitative estimate of drug-likeness (QED) is 0.580. The number of hydrogen-bond acceptors (Lipinski definition) is 6. The van der Waals surface area contributed by atoms with Crippen LogP contribution < -0.4 is 10.1 Å². The number of aryl methyl sites for hydroxylation is 1. The van der Waals surface area contributed by atoms with E-state index in [0.717, 1.165) is 12.8 Å². The van der Waals surface area contributed by atoms with Gasteiger partial charge in [0.05, 0.1) is 29.7 Å². The van der Waals surface area contributed by atoms with Crippen LogP contribution in [0.3, 0.4) is 0 Å². The lowest BCUT2D eigenvalue weighted by molar-refractivity contribution is -0.116. The number of amides is 1. The van der Waals surface area contributed by atoms with Crippen molar-refractivity contribution in [3.8, 4) is 5.75 Å². The van der Waals surface area contributed by atoms with Gasteiger partial charge >= 0.3 is 5.97 Å². The van der Waals surface area contributed by atoms with Crippen molar-refractivity contribution in [3.05, 3.63) is 52.5 Å². The van der Waals surface area contributed by atoms with E-state index < -0.39 is 16.0 Å². The number of nitrogens with one attached hydrogen (secondary N) is 1. The summed E-state index contributed by atoms with van der Waals surface area (Å²) in [6.07, 6.45) is 2.06. The van der Waals surface area contributed by atoms with E-state index in [4.69, 9.17) is 16.3 Å². The molecule has 0 aliphatic carbocycles. The van der Waals surface area contributed by atoms with Crippen LogP contribution in [-0.2, 0) is 26.0 Å². The normalized spacial score (nSPS) is 14.2. The molecule has 0 atom stereocenters. The molecule has 0 bridgehead atoms. The van der Waals surface area contributed by atoms with E-state index in [-0.39, 0.29) is 34.2 Å². The van der Waals surface area contributed by atoms with Gasteiger partial charge < -0.3 is 14.8 Å². The maximum atomic E-state index is 12.9. The number of esters is 1. The van der Waals surface area contributed by atoms with E-state index in [1.54, 1.807) is 18.2 Å². The smallest absolute Gasteiger partial charge is 0.339 e. The Kier molecular flexibility index (Phi) is 7.76. The molecular weight excluding hydrogens is 456 g/mol. The highest BCUT2D eigenvalue weighted by Crippen LogP contribution is 2.28. The Morgan fingerprint density at radius 2 is 1.81 bits per heavy atom. The van der Waals surface area contributed by atoms with Gasteiger partial charge in [0.15, 0.2) is 0 Å². The summed E-state index contributed by atoms with van der Waals surface area (Å²) in [5.41, 5.74) is 1.17. The average Bonchev–Trinajstić information content (AvgIpc) is 3.34. The van der Waals surface area contributed by atoms with Gasteiger partial charge in [0.2, 0.25) is 15.9 Å². The molecule has 1 amide bonds. The first kappa shape index (κ1) is 24.0. The van der Waals surface area contributed by atoms with Crippen molar-refractivity contribution in [2.75, 3.05) is 32.6 Å². The zero-order chi connectivity index (χ0) is 23.3. The lowest BCUT2D eigenvalue weighted by Gasteiger charge is -2.17. The van der Waals surface area contributed by atoms with Crippen LogP contribution in [0.25, 0.3) is 0 Å². The van der Waals surface area contributed by atoms with Crippen LogP contribution in [0.15, 0.2) is 41.3 Å². The average molecular weight is 481 g/mol. The van der Waals surface area contributed by atoms with Crippen molar-refractivity contribution in [3.63, 3.8) is 0 Å². The van der Waals surface area contributed by atoms with Crippen molar-refractivity contribution in [1.82, 2.24) is 4.31 Å². The minimum absolute atomic E-state index is 0.0831. The van der Waals surface area contributed by atoms with Gasteiger partial charge in [0, 0.05) is 25.2 Å². The van der Waals surface area contributed by atoms with Gasteiger partial charge in [-0.05, 0) is 61.2 Å². The second-order valence-corrected chi connectivity index (χ2v) is 9.66. The van der Waals surface area contributed by atoms with Crippen molar-refractivity contribution in [2.24, 2.45) is 0 Å². The molecule has 1 aliphatic rings. The van der Waals surface area contributed by atoms with Crippen molar-refractivity contribution >= 4 is 39.2 Å². The highest BCUT2D eigenvalue weighted by atomic mass is 35.5. The minimum Gasteiger partial charge on any atom is -0.496 e. The molecule has 32 heavy (non-hydrogen) atoms. The Bertz CT molecular complexity index is 1110. The molecule has 0 aromatic heterocycles. The topological polar surface area (TPSA) is 102 Å². The van der Waals surface area contributed by atoms with Gasteiger partial charge in [0.1, 0.15) is 5.75 Å². The number of halogens is 1. The third kappa shape index (κ3) is 5.40. The first-order valence-electron chi connectivity index (χ1n) is 10.1. The molecule has 1 heterocycles. The molecule has 0 unspecified atom stereocenters. The van der Waals surface area contributed by atoms with E-state index in [0.29, 0.717) is 30.1 Å². The molecule has 10 heteroatoms. The van der Waals surface area contributed by atoms with Crippen LogP contribution in [0.4, 0.5) is 5.69 Å². The Morgan fingerprint density at radius 1 is 1.09 bits per heavy atom. The number of hydrogen-bond donors (Lipinski definition) is 1. The van der Waals surface area contributed by atoms with Gasteiger partial charge in [-0.3, -0.25) is 4.79 Å². The molecule has 172 valence electrons. The number of nitrogens with zero attached hydrogens (tertiary/aromatic N) is 1. The molecule has 1 fully saturated rings. The van der Waals surface area contributed by atoms with Crippen molar-refractivity contribution in [1.29, 1.82) is 0 Å². The SMILES string of the molecule is COC(=O)c1cc(NC(=O)CCc2cc(S(=O)(=O)N3CCCC3)ccc2OC)ccc1Cl. The third-order valence-corrected chi connectivity index (χ3v) is 7.46. The Labute approximate surface area is 192 Å². The molecule has 2 aromatic carbocycles. The van der Waals surface area contributed by atoms with Crippen LogP contribution >= 0.6 is 11.6 Å². The molecule has 8 nitrogen and oxygen atoms in total. The Balaban J connectivity index is 1.72. The van der Waals surface area contributed by atoms with Crippen molar-refractivity contribution < 1.29 is 27.5 Å². The maximum Gasteiger partial charge on any atom is 0.339 e. The number of methoxy groups -OCH3 is 2.